The summed E-state index contributed by atoms with van der Waals surface area (Å²) in [5.74, 6) is 0.933. The van der Waals surface area contributed by atoms with E-state index in [4.69, 9.17) is 4.74 Å². The minimum Gasteiger partial charge on any atom is -0.496 e. The third kappa shape index (κ3) is 3.59. The van der Waals surface area contributed by atoms with E-state index in [9.17, 15) is 0 Å². The molecule has 0 aliphatic carbocycles. The van der Waals surface area contributed by atoms with Crippen LogP contribution in [0, 0.1) is 0 Å². The van der Waals surface area contributed by atoms with E-state index < -0.39 is 0 Å². The molecule has 0 aliphatic rings. The molecule has 114 valence electrons. The van der Waals surface area contributed by atoms with Gasteiger partial charge in [0.05, 0.1) is 7.11 Å². The molecule has 2 nitrogen and oxygen atoms in total. The maximum absolute atomic E-state index is 5.38. The van der Waals surface area contributed by atoms with Crippen LogP contribution in [0.3, 0.4) is 0 Å². The van der Waals surface area contributed by atoms with E-state index in [1.165, 1.54) is 21.9 Å². The van der Waals surface area contributed by atoms with Gasteiger partial charge in [0.15, 0.2) is 0 Å². The molecule has 3 aromatic rings. The van der Waals surface area contributed by atoms with Crippen molar-refractivity contribution in [1.82, 2.24) is 5.32 Å². The zero-order valence-corrected chi connectivity index (χ0v) is 13.4. The van der Waals surface area contributed by atoms with Crippen LogP contribution in [-0.2, 0) is 13.1 Å². The van der Waals surface area contributed by atoms with Gasteiger partial charge in [0.2, 0.25) is 0 Å². The first-order chi connectivity index (χ1) is 10.4. The quantitative estimate of drug-likeness (QED) is 0.745. The van der Waals surface area contributed by atoms with Crippen LogP contribution >= 0.6 is 12.4 Å². The van der Waals surface area contributed by atoms with E-state index in [0.717, 1.165) is 18.8 Å². The lowest BCUT2D eigenvalue weighted by Crippen LogP contribution is -2.13. The summed E-state index contributed by atoms with van der Waals surface area (Å²) >= 11 is 0. The monoisotopic (exact) mass is 313 g/mol. The van der Waals surface area contributed by atoms with Crippen LogP contribution in [0.2, 0.25) is 0 Å². The molecule has 3 heteroatoms. The molecule has 0 aliphatic heterocycles. The van der Waals surface area contributed by atoms with Crippen LogP contribution in [0.25, 0.3) is 10.8 Å². The van der Waals surface area contributed by atoms with E-state index >= 15 is 0 Å². The summed E-state index contributed by atoms with van der Waals surface area (Å²) in [6, 6.07) is 23.1. The van der Waals surface area contributed by atoms with Crippen LogP contribution < -0.4 is 10.1 Å². The number of rotatable bonds is 5. The van der Waals surface area contributed by atoms with Gasteiger partial charge < -0.3 is 10.1 Å². The Kier molecular flexibility index (Phi) is 5.82. The topological polar surface area (TPSA) is 21.3 Å². The fraction of sp³-hybridized carbons (Fsp3) is 0.158. The van der Waals surface area contributed by atoms with Crippen molar-refractivity contribution in [2.24, 2.45) is 0 Å². The highest BCUT2D eigenvalue weighted by Gasteiger charge is 2.03. The molecule has 22 heavy (non-hydrogen) atoms. The highest BCUT2D eigenvalue weighted by atomic mass is 35.5. The van der Waals surface area contributed by atoms with Crippen molar-refractivity contribution in [3.8, 4) is 5.75 Å². The predicted molar refractivity (Wildman–Crippen MR) is 94.7 cm³/mol. The maximum atomic E-state index is 5.38. The predicted octanol–water partition coefficient (Wildman–Crippen LogP) is 4.56. The molecule has 0 aromatic heterocycles. The number of hydrogen-bond acceptors (Lipinski definition) is 2. The second kappa shape index (κ2) is 7.83. The molecule has 0 saturated carbocycles. The Hall–Kier alpha value is -2.03. The molecule has 0 unspecified atom stereocenters. The van der Waals surface area contributed by atoms with Gasteiger partial charge in [-0.05, 0) is 22.4 Å². The van der Waals surface area contributed by atoms with Gasteiger partial charge in [0.1, 0.15) is 5.75 Å². The Balaban J connectivity index is 0.00000176. The SMILES string of the molecule is COc1ccccc1CNCc1cccc2ccccc12.Cl. The largest absolute Gasteiger partial charge is 0.496 e. The van der Waals surface area contributed by atoms with E-state index in [2.05, 4.69) is 53.8 Å². The molecule has 0 bridgehead atoms. The fourth-order valence-electron chi connectivity index (χ4n) is 2.63. The third-order valence-corrected chi connectivity index (χ3v) is 3.70. The van der Waals surface area contributed by atoms with Crippen LogP contribution in [0.15, 0.2) is 66.7 Å². The van der Waals surface area contributed by atoms with Crippen molar-refractivity contribution in [3.63, 3.8) is 0 Å². The molecule has 0 amide bonds. The van der Waals surface area contributed by atoms with Crippen LogP contribution in [0.4, 0.5) is 0 Å². The molecule has 0 fully saturated rings. The molecule has 0 atom stereocenters. The molecule has 0 spiro atoms. The molecular weight excluding hydrogens is 294 g/mol. The fourth-order valence-corrected chi connectivity index (χ4v) is 2.63. The van der Waals surface area contributed by atoms with Crippen molar-refractivity contribution in [2.45, 2.75) is 13.1 Å². The van der Waals surface area contributed by atoms with Gasteiger partial charge in [-0.1, -0.05) is 60.7 Å². The third-order valence-electron chi connectivity index (χ3n) is 3.70. The molecule has 0 radical (unpaired) electrons. The van der Waals surface area contributed by atoms with E-state index in [0.29, 0.717) is 0 Å². The van der Waals surface area contributed by atoms with Gasteiger partial charge >= 0.3 is 0 Å². The number of nitrogens with one attached hydrogen (secondary N) is 1. The molecular formula is C19H20ClNO. The number of halogens is 1. The Morgan fingerprint density at radius 1 is 0.773 bits per heavy atom. The lowest BCUT2D eigenvalue weighted by atomic mass is 10.0. The minimum absolute atomic E-state index is 0. The Morgan fingerprint density at radius 2 is 1.41 bits per heavy atom. The second-order valence-corrected chi connectivity index (χ2v) is 5.05. The van der Waals surface area contributed by atoms with E-state index in [-0.39, 0.29) is 12.4 Å². The summed E-state index contributed by atoms with van der Waals surface area (Å²) in [5.41, 5.74) is 2.50. The first kappa shape index (κ1) is 16.3. The van der Waals surface area contributed by atoms with E-state index in [1.807, 2.05) is 18.2 Å². The normalized spacial score (nSPS) is 10.2. The Labute approximate surface area is 137 Å². The second-order valence-electron chi connectivity index (χ2n) is 5.05. The van der Waals surface area contributed by atoms with Crippen molar-refractivity contribution in [1.29, 1.82) is 0 Å². The first-order valence-electron chi connectivity index (χ1n) is 7.18. The zero-order valence-electron chi connectivity index (χ0n) is 12.6. The van der Waals surface area contributed by atoms with Crippen LogP contribution in [-0.4, -0.2) is 7.11 Å². The smallest absolute Gasteiger partial charge is 0.123 e. The van der Waals surface area contributed by atoms with Crippen molar-refractivity contribution < 1.29 is 4.74 Å². The summed E-state index contributed by atoms with van der Waals surface area (Å²) in [4.78, 5) is 0. The van der Waals surface area contributed by atoms with Gasteiger partial charge in [0, 0.05) is 18.7 Å². The number of benzene rings is 3. The standard InChI is InChI=1S/C19H19NO.ClH/c1-21-19-12-5-3-8-17(19)14-20-13-16-10-6-9-15-7-2-4-11-18(15)16;/h2-12,20H,13-14H2,1H3;1H. The Morgan fingerprint density at radius 3 is 2.27 bits per heavy atom. The van der Waals surface area contributed by atoms with Crippen molar-refractivity contribution >= 4 is 23.2 Å². The van der Waals surface area contributed by atoms with E-state index in [1.54, 1.807) is 7.11 Å². The van der Waals surface area contributed by atoms with Gasteiger partial charge in [0.25, 0.3) is 0 Å². The summed E-state index contributed by atoms with van der Waals surface area (Å²) in [6.45, 7) is 1.65. The van der Waals surface area contributed by atoms with Crippen molar-refractivity contribution in [2.75, 3.05) is 7.11 Å². The minimum atomic E-state index is 0. The van der Waals surface area contributed by atoms with Crippen LogP contribution in [0.1, 0.15) is 11.1 Å². The average Bonchev–Trinajstić information content (AvgIpc) is 2.55. The van der Waals surface area contributed by atoms with Crippen molar-refractivity contribution in [3.05, 3.63) is 77.9 Å². The summed E-state index contributed by atoms with van der Waals surface area (Å²) < 4.78 is 5.38. The number of hydrogen-bond donors (Lipinski definition) is 1. The Bertz CT molecular complexity index is 737. The number of fused-ring (bicyclic) bond motifs is 1. The lowest BCUT2D eigenvalue weighted by Gasteiger charge is -2.11. The number of para-hydroxylation sites is 1. The van der Waals surface area contributed by atoms with Gasteiger partial charge in [-0.2, -0.15) is 0 Å². The molecule has 3 rings (SSSR count). The average molecular weight is 314 g/mol. The molecule has 0 heterocycles. The maximum Gasteiger partial charge on any atom is 0.123 e. The lowest BCUT2D eigenvalue weighted by molar-refractivity contribution is 0.407. The summed E-state index contributed by atoms with van der Waals surface area (Å²) in [5, 5.41) is 6.10. The van der Waals surface area contributed by atoms with Gasteiger partial charge in [-0.25, -0.2) is 0 Å². The first-order valence-corrected chi connectivity index (χ1v) is 7.18. The number of methoxy groups -OCH3 is 1. The highest BCUT2D eigenvalue weighted by molar-refractivity contribution is 5.85. The zero-order chi connectivity index (χ0) is 14.5. The van der Waals surface area contributed by atoms with Gasteiger partial charge in [-0.3, -0.25) is 0 Å². The summed E-state index contributed by atoms with van der Waals surface area (Å²) in [6.07, 6.45) is 0. The summed E-state index contributed by atoms with van der Waals surface area (Å²) in [7, 11) is 1.71. The molecule has 3 aromatic carbocycles. The highest BCUT2D eigenvalue weighted by Crippen LogP contribution is 2.19. The number of ether oxygens (including phenoxy) is 1. The molecule has 1 N–H and O–H groups in total. The van der Waals surface area contributed by atoms with Crippen LogP contribution in [0.5, 0.6) is 5.75 Å². The molecule has 0 saturated heterocycles. The van der Waals surface area contributed by atoms with Gasteiger partial charge in [-0.15, -0.1) is 12.4 Å².